The molecule has 1 aromatic rings. The molecule has 5 heteroatoms. The van der Waals surface area contributed by atoms with Crippen LogP contribution in [0.2, 0.25) is 0 Å². The molecule has 0 saturated carbocycles. The van der Waals surface area contributed by atoms with Gasteiger partial charge in [-0.1, -0.05) is 0 Å². The zero-order valence-electron chi connectivity index (χ0n) is 7.70. The average molecular weight is 214 g/mol. The van der Waals surface area contributed by atoms with E-state index in [9.17, 15) is 18.4 Å². The molecule has 0 bridgehead atoms. The number of alkyl halides is 1. The summed E-state index contributed by atoms with van der Waals surface area (Å²) in [5, 5.41) is 0. The summed E-state index contributed by atoms with van der Waals surface area (Å²) in [6.45, 7) is -1.05. The molecule has 0 N–H and O–H groups in total. The van der Waals surface area contributed by atoms with Crippen LogP contribution in [0, 0.1) is 5.82 Å². The highest BCUT2D eigenvalue weighted by atomic mass is 19.1. The first-order chi connectivity index (χ1) is 7.19. The lowest BCUT2D eigenvalue weighted by Gasteiger charge is -2.05. The van der Waals surface area contributed by atoms with Crippen LogP contribution in [0.5, 0.6) is 5.75 Å². The lowest BCUT2D eigenvalue weighted by atomic mass is 10.1. The Labute approximate surface area is 84.7 Å². The minimum atomic E-state index is -0.778. The van der Waals surface area contributed by atoms with Gasteiger partial charge in [-0.25, -0.2) is 8.78 Å². The maximum atomic E-state index is 13.0. The van der Waals surface area contributed by atoms with Gasteiger partial charge in [-0.05, 0) is 18.2 Å². The molecule has 15 heavy (non-hydrogen) atoms. The van der Waals surface area contributed by atoms with Crippen LogP contribution < -0.4 is 4.74 Å². The number of ketones is 1. The van der Waals surface area contributed by atoms with Crippen molar-refractivity contribution in [2.45, 2.75) is 0 Å². The summed E-state index contributed by atoms with van der Waals surface area (Å²) in [6, 6.07) is 3.22. The quantitative estimate of drug-likeness (QED) is 0.424. The summed E-state index contributed by atoms with van der Waals surface area (Å²) in [6.07, 6.45) is 0.117. The molecule has 0 fully saturated rings. The lowest BCUT2D eigenvalue weighted by molar-refractivity contribution is -0.104. The van der Waals surface area contributed by atoms with Crippen molar-refractivity contribution in [1.29, 1.82) is 0 Å². The van der Waals surface area contributed by atoms with Crippen molar-refractivity contribution < 1.29 is 23.1 Å². The third kappa shape index (κ3) is 2.83. The van der Waals surface area contributed by atoms with Crippen molar-refractivity contribution in [2.24, 2.45) is 0 Å². The molecule has 0 atom stereocenters. The standard InChI is InChI=1S/C10H8F2O3/c11-3-4-15-10-5-7(9(14)6-13)1-2-8(10)12/h1-2,5-6H,3-4H2. The Balaban J connectivity index is 2.94. The Bertz CT molecular complexity index is 377. The van der Waals surface area contributed by atoms with Crippen LogP contribution in [0.1, 0.15) is 10.4 Å². The van der Waals surface area contributed by atoms with Gasteiger partial charge in [0.1, 0.15) is 13.3 Å². The molecule has 1 rings (SSSR count). The molecule has 0 radical (unpaired) electrons. The third-order valence-corrected chi connectivity index (χ3v) is 1.66. The molecule has 0 unspecified atom stereocenters. The topological polar surface area (TPSA) is 43.4 Å². The Kier molecular flexibility index (Phi) is 3.91. The first-order valence-corrected chi connectivity index (χ1v) is 4.17. The molecule has 0 aromatic heterocycles. The van der Waals surface area contributed by atoms with Crippen LogP contribution >= 0.6 is 0 Å². The van der Waals surface area contributed by atoms with E-state index in [1.54, 1.807) is 0 Å². The highest BCUT2D eigenvalue weighted by Gasteiger charge is 2.09. The van der Waals surface area contributed by atoms with Gasteiger partial charge < -0.3 is 4.74 Å². The van der Waals surface area contributed by atoms with E-state index < -0.39 is 18.3 Å². The molecule has 3 nitrogen and oxygen atoms in total. The highest BCUT2D eigenvalue weighted by molar-refractivity contribution is 6.33. The van der Waals surface area contributed by atoms with Gasteiger partial charge in [0.25, 0.3) is 0 Å². The first-order valence-electron chi connectivity index (χ1n) is 4.17. The van der Waals surface area contributed by atoms with E-state index in [-0.39, 0.29) is 24.2 Å². The van der Waals surface area contributed by atoms with Crippen LogP contribution in [0.15, 0.2) is 18.2 Å². The number of Topliss-reactive ketones (excluding diaryl/α,β-unsaturated/α-hetero) is 1. The van der Waals surface area contributed by atoms with E-state index in [4.69, 9.17) is 4.74 Å². The number of hydrogen-bond acceptors (Lipinski definition) is 3. The van der Waals surface area contributed by atoms with Crippen LogP contribution in [-0.2, 0) is 4.79 Å². The van der Waals surface area contributed by atoms with Crippen LogP contribution in [0.4, 0.5) is 8.78 Å². The van der Waals surface area contributed by atoms with Crippen LogP contribution in [-0.4, -0.2) is 25.4 Å². The minimum absolute atomic E-state index is 0.0141. The normalized spacial score (nSPS) is 9.73. The van der Waals surface area contributed by atoms with E-state index in [1.165, 1.54) is 0 Å². The smallest absolute Gasteiger partial charge is 0.225 e. The second-order valence-electron chi connectivity index (χ2n) is 2.66. The summed E-state index contributed by atoms with van der Waals surface area (Å²) in [7, 11) is 0. The number of rotatable bonds is 5. The zero-order valence-corrected chi connectivity index (χ0v) is 7.70. The number of benzene rings is 1. The largest absolute Gasteiger partial charge is 0.488 e. The minimum Gasteiger partial charge on any atom is -0.488 e. The number of carbonyl (C=O) groups is 2. The molecule has 0 amide bonds. The predicted octanol–water partition coefficient (Wildman–Crippen LogP) is 1.56. The molecule has 0 aliphatic heterocycles. The summed E-state index contributed by atoms with van der Waals surface area (Å²) in [4.78, 5) is 21.1. The third-order valence-electron chi connectivity index (χ3n) is 1.66. The monoisotopic (exact) mass is 214 g/mol. The summed E-state index contributed by atoms with van der Waals surface area (Å²) in [5.74, 6) is -1.72. The molecule has 0 saturated heterocycles. The second kappa shape index (κ2) is 5.19. The summed E-state index contributed by atoms with van der Waals surface area (Å²) >= 11 is 0. The van der Waals surface area contributed by atoms with E-state index >= 15 is 0 Å². The highest BCUT2D eigenvalue weighted by Crippen LogP contribution is 2.18. The maximum Gasteiger partial charge on any atom is 0.225 e. The lowest BCUT2D eigenvalue weighted by Crippen LogP contribution is -2.04. The Hall–Kier alpha value is -1.78. The SMILES string of the molecule is O=CC(=O)c1ccc(F)c(OCCF)c1. The molecule has 0 aliphatic carbocycles. The number of halogens is 2. The van der Waals surface area contributed by atoms with Crippen LogP contribution in [0.25, 0.3) is 0 Å². The zero-order chi connectivity index (χ0) is 11.3. The molecule has 0 aliphatic rings. The fraction of sp³-hybridized carbons (Fsp3) is 0.200. The van der Waals surface area contributed by atoms with Gasteiger partial charge in [-0.3, -0.25) is 9.59 Å². The van der Waals surface area contributed by atoms with Gasteiger partial charge in [0, 0.05) is 5.56 Å². The fourth-order valence-electron chi connectivity index (χ4n) is 0.984. The number of ether oxygens (including phenoxy) is 1. The molecule has 80 valence electrons. The van der Waals surface area contributed by atoms with E-state index in [2.05, 4.69) is 0 Å². The van der Waals surface area contributed by atoms with Crippen molar-refractivity contribution in [3.05, 3.63) is 29.6 Å². The molecule has 0 heterocycles. The van der Waals surface area contributed by atoms with Crippen molar-refractivity contribution >= 4 is 12.1 Å². The number of hydrogen-bond donors (Lipinski definition) is 0. The van der Waals surface area contributed by atoms with Gasteiger partial charge in [0.2, 0.25) is 5.78 Å². The Morgan fingerprint density at radius 1 is 1.47 bits per heavy atom. The average Bonchev–Trinajstić information content (AvgIpc) is 2.27. The number of aldehydes is 1. The molecule has 0 spiro atoms. The van der Waals surface area contributed by atoms with Gasteiger partial charge in [-0.15, -0.1) is 0 Å². The van der Waals surface area contributed by atoms with Gasteiger partial charge in [-0.2, -0.15) is 0 Å². The Morgan fingerprint density at radius 2 is 2.20 bits per heavy atom. The molecular formula is C10H8F2O3. The van der Waals surface area contributed by atoms with Crippen molar-refractivity contribution in [3.63, 3.8) is 0 Å². The first kappa shape index (κ1) is 11.3. The molecule has 1 aromatic carbocycles. The van der Waals surface area contributed by atoms with E-state index in [1.807, 2.05) is 0 Å². The van der Waals surface area contributed by atoms with Crippen molar-refractivity contribution in [1.82, 2.24) is 0 Å². The second-order valence-corrected chi connectivity index (χ2v) is 2.66. The summed E-state index contributed by atoms with van der Waals surface area (Å²) < 4.78 is 29.5. The van der Waals surface area contributed by atoms with Gasteiger partial charge >= 0.3 is 0 Å². The van der Waals surface area contributed by atoms with Gasteiger partial charge in [0.15, 0.2) is 17.9 Å². The molecular weight excluding hydrogens is 206 g/mol. The Morgan fingerprint density at radius 3 is 2.80 bits per heavy atom. The van der Waals surface area contributed by atoms with E-state index in [0.29, 0.717) is 0 Å². The van der Waals surface area contributed by atoms with Gasteiger partial charge in [0.05, 0.1) is 0 Å². The fourth-order valence-corrected chi connectivity index (χ4v) is 0.984. The van der Waals surface area contributed by atoms with Crippen LogP contribution in [0.3, 0.4) is 0 Å². The van der Waals surface area contributed by atoms with E-state index in [0.717, 1.165) is 18.2 Å². The summed E-state index contributed by atoms with van der Waals surface area (Å²) in [5.41, 5.74) is 0.0141. The predicted molar refractivity (Wildman–Crippen MR) is 48.3 cm³/mol. The van der Waals surface area contributed by atoms with Crippen molar-refractivity contribution in [3.8, 4) is 5.75 Å². The maximum absolute atomic E-state index is 13.0. The van der Waals surface area contributed by atoms with Crippen molar-refractivity contribution in [2.75, 3.05) is 13.3 Å². The number of carbonyl (C=O) groups excluding carboxylic acids is 2.